The summed E-state index contributed by atoms with van der Waals surface area (Å²) in [6.07, 6.45) is 4.30. The van der Waals surface area contributed by atoms with Crippen molar-refractivity contribution < 1.29 is 19.1 Å². The summed E-state index contributed by atoms with van der Waals surface area (Å²) in [5, 5.41) is 0.592. The van der Waals surface area contributed by atoms with E-state index in [1.807, 2.05) is 6.92 Å². The van der Waals surface area contributed by atoms with E-state index >= 15 is 0 Å². The van der Waals surface area contributed by atoms with E-state index in [0.29, 0.717) is 28.7 Å². The minimum absolute atomic E-state index is 0.248. The molecule has 0 aromatic heterocycles. The molecule has 0 heterocycles. The molecule has 0 saturated carbocycles. The topological polar surface area (TPSA) is 76.7 Å². The van der Waals surface area contributed by atoms with Crippen LogP contribution in [0.4, 0.5) is 0 Å². The molecule has 2 aromatic rings. The van der Waals surface area contributed by atoms with Gasteiger partial charge >= 0.3 is 0 Å². The second kappa shape index (κ2) is 12.4. The first kappa shape index (κ1) is 24.0. The molecule has 2 rings (SSSR count). The average molecular weight is 498 g/mol. The molecule has 2 N–H and O–H groups in total. The molecule has 8 heteroatoms. The summed E-state index contributed by atoms with van der Waals surface area (Å²) in [5.41, 5.74) is 5.89. The van der Waals surface area contributed by atoms with Crippen molar-refractivity contribution in [2.45, 2.75) is 39.5 Å². The Morgan fingerprint density at radius 2 is 1.77 bits per heavy atom. The molecule has 0 bridgehead atoms. The van der Waals surface area contributed by atoms with Crippen molar-refractivity contribution in [3.8, 4) is 11.5 Å². The molecule has 0 spiro atoms. The molecule has 0 fully saturated rings. The van der Waals surface area contributed by atoms with Gasteiger partial charge in [-0.05, 0) is 55.3 Å². The molecule has 2 aromatic carbocycles. The molecule has 162 valence electrons. The van der Waals surface area contributed by atoms with Crippen LogP contribution in [0.15, 0.2) is 40.9 Å². The zero-order chi connectivity index (χ0) is 21.9. The molecular formula is C22H26BrClN2O4. The van der Waals surface area contributed by atoms with E-state index in [4.69, 9.17) is 21.1 Å². The van der Waals surface area contributed by atoms with Gasteiger partial charge in [-0.2, -0.15) is 0 Å². The highest BCUT2D eigenvalue weighted by Crippen LogP contribution is 2.24. The Labute approximate surface area is 190 Å². The minimum atomic E-state index is -0.491. The number of rotatable bonds is 10. The van der Waals surface area contributed by atoms with Crippen molar-refractivity contribution in [1.29, 1.82) is 0 Å². The van der Waals surface area contributed by atoms with Crippen LogP contribution in [0.2, 0.25) is 5.02 Å². The zero-order valence-corrected chi connectivity index (χ0v) is 19.4. The van der Waals surface area contributed by atoms with Crippen LogP contribution in [0, 0.1) is 6.92 Å². The predicted octanol–water partition coefficient (Wildman–Crippen LogP) is 5.21. The first-order valence-corrected chi connectivity index (χ1v) is 11.0. The summed E-state index contributed by atoms with van der Waals surface area (Å²) in [7, 11) is 0. The third-order valence-corrected chi connectivity index (χ3v) is 4.98. The third-order valence-electron chi connectivity index (χ3n) is 4.25. The largest absolute Gasteiger partial charge is 0.493 e. The van der Waals surface area contributed by atoms with Gasteiger partial charge < -0.3 is 9.47 Å². The maximum atomic E-state index is 12.5. The van der Waals surface area contributed by atoms with Crippen molar-refractivity contribution >= 4 is 39.3 Å². The molecule has 0 aliphatic carbocycles. The first-order chi connectivity index (χ1) is 14.4. The van der Waals surface area contributed by atoms with E-state index in [-0.39, 0.29) is 6.61 Å². The lowest BCUT2D eigenvalue weighted by atomic mass is 10.2. The van der Waals surface area contributed by atoms with E-state index in [2.05, 4.69) is 33.7 Å². The number of carbonyl (C=O) groups excluding carboxylic acids is 2. The van der Waals surface area contributed by atoms with Crippen LogP contribution in [0.25, 0.3) is 0 Å². The Morgan fingerprint density at radius 1 is 1.00 bits per heavy atom. The van der Waals surface area contributed by atoms with Gasteiger partial charge in [-0.15, -0.1) is 0 Å². The Hall–Kier alpha value is -2.25. The fourth-order valence-corrected chi connectivity index (χ4v) is 3.25. The van der Waals surface area contributed by atoms with E-state index in [9.17, 15) is 9.59 Å². The Morgan fingerprint density at radius 3 is 2.50 bits per heavy atom. The molecule has 0 aliphatic rings. The number of ether oxygens (including phenoxy) is 2. The number of unbranched alkanes of at least 4 members (excludes halogenated alkanes) is 3. The highest BCUT2D eigenvalue weighted by molar-refractivity contribution is 9.10. The molecule has 0 radical (unpaired) electrons. The maximum absolute atomic E-state index is 12.5. The van der Waals surface area contributed by atoms with Crippen molar-refractivity contribution in [2.24, 2.45) is 0 Å². The monoisotopic (exact) mass is 496 g/mol. The van der Waals surface area contributed by atoms with Crippen molar-refractivity contribution in [1.82, 2.24) is 10.9 Å². The summed E-state index contributed by atoms with van der Waals surface area (Å²) < 4.78 is 12.0. The molecular weight excluding hydrogens is 472 g/mol. The standard InChI is InChI=1S/C22H26BrClN2O4/c1-3-4-5-6-11-29-20-9-7-16(23)13-18(20)22(28)26-25-21(27)14-30-19-10-8-17(24)12-15(19)2/h7-10,12-13H,3-6,11,14H2,1-2H3,(H,25,27)(H,26,28). The van der Waals surface area contributed by atoms with Crippen molar-refractivity contribution in [3.05, 3.63) is 57.0 Å². The molecule has 0 aliphatic heterocycles. The van der Waals surface area contributed by atoms with Gasteiger partial charge in [-0.25, -0.2) is 0 Å². The third kappa shape index (κ3) is 7.88. The molecule has 0 saturated heterocycles. The summed E-state index contributed by atoms with van der Waals surface area (Å²) >= 11 is 9.26. The van der Waals surface area contributed by atoms with Crippen LogP contribution in [0.3, 0.4) is 0 Å². The number of hydrogen-bond donors (Lipinski definition) is 2. The lowest BCUT2D eigenvalue weighted by Gasteiger charge is -2.13. The Balaban J connectivity index is 1.87. The molecule has 6 nitrogen and oxygen atoms in total. The van der Waals surface area contributed by atoms with Gasteiger partial charge in [0, 0.05) is 9.50 Å². The number of hydrogen-bond acceptors (Lipinski definition) is 4. The average Bonchev–Trinajstić information content (AvgIpc) is 2.72. The van der Waals surface area contributed by atoms with Gasteiger partial charge in [-0.1, -0.05) is 53.7 Å². The maximum Gasteiger partial charge on any atom is 0.276 e. The van der Waals surface area contributed by atoms with Gasteiger partial charge in [0.05, 0.1) is 12.2 Å². The number of amides is 2. The summed E-state index contributed by atoms with van der Waals surface area (Å²) in [4.78, 5) is 24.6. The molecule has 0 unspecified atom stereocenters. The number of hydrazine groups is 1. The van der Waals surface area contributed by atoms with Gasteiger partial charge in [0.25, 0.3) is 11.8 Å². The summed E-state index contributed by atoms with van der Waals surface area (Å²) in [6.45, 7) is 4.26. The van der Waals surface area contributed by atoms with E-state index in [1.54, 1.807) is 36.4 Å². The van der Waals surface area contributed by atoms with Crippen LogP contribution < -0.4 is 20.3 Å². The highest BCUT2D eigenvalue weighted by atomic mass is 79.9. The lowest BCUT2D eigenvalue weighted by Crippen LogP contribution is -2.44. The smallest absolute Gasteiger partial charge is 0.276 e. The Kier molecular flexibility index (Phi) is 9.97. The van der Waals surface area contributed by atoms with E-state index in [0.717, 1.165) is 35.7 Å². The lowest BCUT2D eigenvalue weighted by molar-refractivity contribution is -0.123. The van der Waals surface area contributed by atoms with Gasteiger partial charge in [0.1, 0.15) is 11.5 Å². The van der Waals surface area contributed by atoms with Gasteiger partial charge in [0.15, 0.2) is 6.61 Å². The van der Waals surface area contributed by atoms with E-state index < -0.39 is 11.8 Å². The summed E-state index contributed by atoms with van der Waals surface area (Å²) in [6, 6.07) is 10.3. The molecule has 30 heavy (non-hydrogen) atoms. The van der Waals surface area contributed by atoms with Crippen LogP contribution in [-0.2, 0) is 4.79 Å². The zero-order valence-electron chi connectivity index (χ0n) is 17.1. The van der Waals surface area contributed by atoms with Crippen molar-refractivity contribution in [2.75, 3.05) is 13.2 Å². The Bertz CT molecular complexity index is 876. The van der Waals surface area contributed by atoms with Gasteiger partial charge in [-0.3, -0.25) is 20.4 Å². The number of nitrogens with one attached hydrogen (secondary N) is 2. The van der Waals surface area contributed by atoms with Crippen LogP contribution in [0.5, 0.6) is 11.5 Å². The first-order valence-electron chi connectivity index (χ1n) is 9.81. The summed E-state index contributed by atoms with van der Waals surface area (Å²) in [5.74, 6) is 0.0479. The number of benzene rings is 2. The second-order valence-electron chi connectivity index (χ2n) is 6.75. The van der Waals surface area contributed by atoms with Crippen LogP contribution >= 0.6 is 27.5 Å². The van der Waals surface area contributed by atoms with Crippen LogP contribution in [0.1, 0.15) is 48.5 Å². The number of carbonyl (C=O) groups is 2. The van der Waals surface area contributed by atoms with Crippen LogP contribution in [-0.4, -0.2) is 25.0 Å². The highest BCUT2D eigenvalue weighted by Gasteiger charge is 2.15. The predicted molar refractivity (Wildman–Crippen MR) is 121 cm³/mol. The number of aryl methyl sites for hydroxylation is 1. The fraction of sp³-hybridized carbons (Fsp3) is 0.364. The molecule has 0 atom stereocenters. The van der Waals surface area contributed by atoms with Crippen molar-refractivity contribution in [3.63, 3.8) is 0 Å². The molecule has 2 amide bonds. The quantitative estimate of drug-likeness (QED) is 0.349. The van der Waals surface area contributed by atoms with Gasteiger partial charge in [0.2, 0.25) is 0 Å². The normalized spacial score (nSPS) is 10.4. The fourth-order valence-electron chi connectivity index (χ4n) is 2.66. The SMILES string of the molecule is CCCCCCOc1ccc(Br)cc1C(=O)NNC(=O)COc1ccc(Cl)cc1C. The second-order valence-corrected chi connectivity index (χ2v) is 8.10. The number of halogens is 2. The van der Waals surface area contributed by atoms with E-state index in [1.165, 1.54) is 0 Å². The minimum Gasteiger partial charge on any atom is -0.493 e.